The van der Waals surface area contributed by atoms with Gasteiger partial charge < -0.3 is 10.1 Å². The topological polar surface area (TPSA) is 38.6 Å². The molecule has 0 saturated carbocycles. The molecule has 4 nitrogen and oxygen atoms in total. The van der Waals surface area contributed by atoms with Gasteiger partial charge >= 0.3 is 0 Å². The van der Waals surface area contributed by atoms with E-state index in [0.29, 0.717) is 5.88 Å². The molecule has 6 heteroatoms. The molecule has 0 aliphatic heterocycles. The fourth-order valence-electron chi connectivity index (χ4n) is 2.18. The van der Waals surface area contributed by atoms with Gasteiger partial charge in [0.15, 0.2) is 4.96 Å². The number of hydrogen-bond donors (Lipinski definition) is 1. The number of nitrogens with one attached hydrogen (secondary N) is 1. The maximum absolute atomic E-state index is 5.35. The monoisotopic (exact) mass is 307 g/mol. The second-order valence-corrected chi connectivity index (χ2v) is 6.89. The molecule has 0 saturated heterocycles. The maximum Gasteiger partial charge on any atom is 0.237 e. The lowest BCUT2D eigenvalue weighted by molar-refractivity contribution is 0.393. The van der Waals surface area contributed by atoms with E-state index >= 15 is 0 Å². The van der Waals surface area contributed by atoms with Crippen molar-refractivity contribution in [2.24, 2.45) is 0 Å². The van der Waals surface area contributed by atoms with Gasteiger partial charge in [-0.2, -0.15) is 4.98 Å². The van der Waals surface area contributed by atoms with Gasteiger partial charge in [0.25, 0.3) is 0 Å². The fourth-order valence-corrected chi connectivity index (χ4v) is 3.93. The van der Waals surface area contributed by atoms with E-state index < -0.39 is 0 Å². The number of nitrogens with zero attached hydrogens (tertiary/aromatic N) is 2. The van der Waals surface area contributed by atoms with E-state index in [-0.39, 0.29) is 0 Å². The van der Waals surface area contributed by atoms with E-state index in [1.165, 1.54) is 15.3 Å². The van der Waals surface area contributed by atoms with Crippen LogP contribution >= 0.6 is 22.7 Å². The minimum atomic E-state index is 0.711. The minimum Gasteiger partial charge on any atom is -0.480 e. The van der Waals surface area contributed by atoms with Crippen LogP contribution in [0, 0.1) is 13.8 Å². The summed E-state index contributed by atoms with van der Waals surface area (Å²) < 4.78 is 7.44. The smallest absolute Gasteiger partial charge is 0.237 e. The zero-order valence-corrected chi connectivity index (χ0v) is 13.4. The van der Waals surface area contributed by atoms with Crippen molar-refractivity contribution < 1.29 is 4.74 Å². The number of rotatable bonds is 5. The molecule has 0 aliphatic carbocycles. The van der Waals surface area contributed by atoms with Gasteiger partial charge in [-0.05, 0) is 25.5 Å². The summed E-state index contributed by atoms with van der Waals surface area (Å²) in [5.41, 5.74) is 2.45. The van der Waals surface area contributed by atoms with E-state index in [4.69, 9.17) is 4.74 Å². The number of aryl methyl sites for hydroxylation is 2. The first-order chi connectivity index (χ1) is 9.69. The number of hydrogen-bond acceptors (Lipinski definition) is 5. The Kier molecular flexibility index (Phi) is 3.78. The quantitative estimate of drug-likeness (QED) is 0.785. The molecule has 106 valence electrons. The third-order valence-electron chi connectivity index (χ3n) is 3.33. The summed E-state index contributed by atoms with van der Waals surface area (Å²) in [6, 6.07) is 2.25. The number of methoxy groups -OCH3 is 1. The zero-order valence-electron chi connectivity index (χ0n) is 11.8. The van der Waals surface area contributed by atoms with Gasteiger partial charge in [-0.3, -0.25) is 4.40 Å². The molecule has 3 aromatic rings. The maximum atomic E-state index is 5.35. The highest BCUT2D eigenvalue weighted by Crippen LogP contribution is 2.24. The number of imidazole rings is 1. The van der Waals surface area contributed by atoms with Crippen LogP contribution in [0.25, 0.3) is 4.96 Å². The minimum absolute atomic E-state index is 0.711. The van der Waals surface area contributed by atoms with Crippen LogP contribution in [0.2, 0.25) is 0 Å². The van der Waals surface area contributed by atoms with Gasteiger partial charge in [-0.25, -0.2) is 0 Å². The third-order valence-corrected chi connectivity index (χ3v) is 5.24. The van der Waals surface area contributed by atoms with Crippen molar-refractivity contribution in [3.05, 3.63) is 38.7 Å². The Morgan fingerprint density at radius 1 is 1.35 bits per heavy atom. The first-order valence-electron chi connectivity index (χ1n) is 6.44. The molecule has 0 atom stereocenters. The molecule has 20 heavy (non-hydrogen) atoms. The fraction of sp³-hybridized carbons (Fsp3) is 0.357. The lowest BCUT2D eigenvalue weighted by Gasteiger charge is -2.04. The third kappa shape index (κ3) is 2.46. The van der Waals surface area contributed by atoms with Crippen LogP contribution in [0.1, 0.15) is 21.0 Å². The molecule has 0 radical (unpaired) electrons. The number of ether oxygens (including phenoxy) is 1. The van der Waals surface area contributed by atoms with Crippen molar-refractivity contribution in [2.75, 3.05) is 7.11 Å². The summed E-state index contributed by atoms with van der Waals surface area (Å²) >= 11 is 3.47. The highest BCUT2D eigenvalue weighted by Gasteiger charge is 2.13. The van der Waals surface area contributed by atoms with Crippen LogP contribution in [-0.4, -0.2) is 16.5 Å². The second kappa shape index (κ2) is 5.55. The van der Waals surface area contributed by atoms with Crippen LogP contribution in [0.4, 0.5) is 0 Å². The predicted octanol–water partition coefficient (Wildman–Crippen LogP) is 3.37. The number of fused-ring (bicyclic) bond motifs is 1. The molecule has 3 heterocycles. The largest absolute Gasteiger partial charge is 0.480 e. The molecule has 0 bridgehead atoms. The summed E-state index contributed by atoms with van der Waals surface area (Å²) in [7, 11) is 1.67. The van der Waals surface area contributed by atoms with Crippen molar-refractivity contribution in [1.82, 2.24) is 14.7 Å². The van der Waals surface area contributed by atoms with Gasteiger partial charge in [0.2, 0.25) is 5.88 Å². The van der Waals surface area contributed by atoms with E-state index in [1.54, 1.807) is 18.4 Å². The molecule has 1 N–H and O–H groups in total. The van der Waals surface area contributed by atoms with Crippen molar-refractivity contribution >= 4 is 27.6 Å². The van der Waals surface area contributed by atoms with E-state index in [0.717, 1.165) is 23.7 Å². The standard InChI is InChI=1S/C14H17N3OS2/c1-9-6-11(20-10(9)2)7-15-8-12-13(18-3)16-14-17(12)4-5-19-14/h4-6,15H,7-8H2,1-3H3. The Bertz CT molecular complexity index is 707. The van der Waals surface area contributed by atoms with Crippen LogP contribution < -0.4 is 10.1 Å². The molecule has 0 spiro atoms. The van der Waals surface area contributed by atoms with Gasteiger partial charge in [0, 0.05) is 34.4 Å². The van der Waals surface area contributed by atoms with Crippen LogP contribution in [-0.2, 0) is 13.1 Å². The summed E-state index contributed by atoms with van der Waals surface area (Å²) in [4.78, 5) is 8.19. The van der Waals surface area contributed by atoms with Crippen LogP contribution in [0.5, 0.6) is 5.88 Å². The molecular formula is C14H17N3OS2. The Labute approximate surface area is 126 Å². The predicted molar refractivity (Wildman–Crippen MR) is 84.0 cm³/mol. The molecule has 0 amide bonds. The summed E-state index contributed by atoms with van der Waals surface area (Å²) in [5, 5.41) is 5.51. The highest BCUT2D eigenvalue weighted by molar-refractivity contribution is 7.15. The zero-order chi connectivity index (χ0) is 14.1. The van der Waals surface area contributed by atoms with Gasteiger partial charge in [-0.1, -0.05) is 0 Å². The molecule has 0 aliphatic rings. The summed E-state index contributed by atoms with van der Waals surface area (Å²) in [6.45, 7) is 5.94. The number of aromatic nitrogens is 2. The summed E-state index contributed by atoms with van der Waals surface area (Å²) in [5.74, 6) is 0.711. The first-order valence-corrected chi connectivity index (χ1v) is 8.13. The molecule has 0 fully saturated rings. The Balaban J connectivity index is 1.71. The van der Waals surface area contributed by atoms with Crippen molar-refractivity contribution in [1.29, 1.82) is 0 Å². The lowest BCUT2D eigenvalue weighted by atomic mass is 10.3. The van der Waals surface area contributed by atoms with Crippen molar-refractivity contribution in [3.8, 4) is 5.88 Å². The van der Waals surface area contributed by atoms with Crippen LogP contribution in [0.15, 0.2) is 17.6 Å². The molecule has 0 aromatic carbocycles. The van der Waals surface area contributed by atoms with E-state index in [2.05, 4.69) is 34.6 Å². The highest BCUT2D eigenvalue weighted by atomic mass is 32.1. The van der Waals surface area contributed by atoms with E-state index in [9.17, 15) is 0 Å². The first kappa shape index (κ1) is 13.6. The van der Waals surface area contributed by atoms with Gasteiger partial charge in [0.05, 0.1) is 7.11 Å². The van der Waals surface area contributed by atoms with Crippen molar-refractivity contribution in [2.45, 2.75) is 26.9 Å². The van der Waals surface area contributed by atoms with Gasteiger partial charge in [0.1, 0.15) is 5.69 Å². The van der Waals surface area contributed by atoms with E-state index in [1.807, 2.05) is 22.9 Å². The van der Waals surface area contributed by atoms with Crippen molar-refractivity contribution in [3.63, 3.8) is 0 Å². The Hall–Kier alpha value is -1.37. The molecule has 3 rings (SSSR count). The average molecular weight is 307 g/mol. The lowest BCUT2D eigenvalue weighted by Crippen LogP contribution is -2.13. The second-order valence-electron chi connectivity index (χ2n) is 4.68. The molecule has 0 unspecified atom stereocenters. The number of thiophene rings is 1. The number of thiazole rings is 1. The SMILES string of the molecule is COc1nc2sccn2c1CNCc1cc(C)c(C)s1. The molecular weight excluding hydrogens is 290 g/mol. The molecule has 3 aromatic heterocycles. The average Bonchev–Trinajstić information content (AvgIpc) is 3.07. The summed E-state index contributed by atoms with van der Waals surface area (Å²) in [6.07, 6.45) is 2.03. The normalized spacial score (nSPS) is 11.3. The Morgan fingerprint density at radius 3 is 2.90 bits per heavy atom. The van der Waals surface area contributed by atoms with Crippen LogP contribution in [0.3, 0.4) is 0 Å². The Morgan fingerprint density at radius 2 is 2.20 bits per heavy atom. The van der Waals surface area contributed by atoms with Gasteiger partial charge in [-0.15, -0.1) is 22.7 Å².